The van der Waals surface area contributed by atoms with Gasteiger partial charge in [0.1, 0.15) is 0 Å². The molecule has 5 nitrogen and oxygen atoms in total. The number of amides is 2. The third-order valence-corrected chi connectivity index (χ3v) is 5.00. The zero-order valence-corrected chi connectivity index (χ0v) is 17.1. The molecule has 0 fully saturated rings. The first kappa shape index (κ1) is 21.2. The molecule has 0 aromatic heterocycles. The van der Waals surface area contributed by atoms with Crippen LogP contribution in [0.1, 0.15) is 19.4 Å². The molecule has 2 amide bonds. The van der Waals surface area contributed by atoms with Gasteiger partial charge in [-0.15, -0.1) is 0 Å². The first-order valence-electron chi connectivity index (χ1n) is 8.77. The van der Waals surface area contributed by atoms with Crippen LogP contribution >= 0.6 is 23.2 Å². The maximum Gasteiger partial charge on any atom is 0.282 e. The van der Waals surface area contributed by atoms with Crippen molar-refractivity contribution in [2.75, 3.05) is 24.2 Å². The second-order valence-corrected chi connectivity index (χ2v) is 7.26. The molecule has 0 aliphatic carbocycles. The molecule has 3 N–H and O–H groups in total. The number of hydrogen-bond acceptors (Lipinski definition) is 2. The Labute approximate surface area is 169 Å². The highest BCUT2D eigenvalue weighted by Gasteiger charge is 2.24. The topological polar surface area (TPSA) is 62.6 Å². The van der Waals surface area contributed by atoms with Gasteiger partial charge in [0, 0.05) is 10.7 Å². The van der Waals surface area contributed by atoms with Gasteiger partial charge in [-0.3, -0.25) is 9.59 Å². The van der Waals surface area contributed by atoms with E-state index in [1.807, 2.05) is 31.2 Å². The fraction of sp³-hybridized carbons (Fsp3) is 0.300. The summed E-state index contributed by atoms with van der Waals surface area (Å²) in [6.07, 6.45) is 0.832. The normalized spacial score (nSPS) is 12.9. The number of nitrogens with one attached hydrogen (secondary N) is 3. The lowest BCUT2D eigenvalue weighted by atomic mass is 10.1. The molecule has 0 saturated carbocycles. The van der Waals surface area contributed by atoms with Crippen LogP contribution in [-0.2, 0) is 16.0 Å². The van der Waals surface area contributed by atoms with Crippen LogP contribution < -0.4 is 15.5 Å². The van der Waals surface area contributed by atoms with Crippen LogP contribution in [0.3, 0.4) is 0 Å². The summed E-state index contributed by atoms with van der Waals surface area (Å²) >= 11 is 12.0. The Morgan fingerprint density at radius 3 is 2.48 bits per heavy atom. The van der Waals surface area contributed by atoms with E-state index in [0.717, 1.165) is 22.6 Å². The predicted octanol–water partition coefficient (Wildman–Crippen LogP) is 3.04. The summed E-state index contributed by atoms with van der Waals surface area (Å²) < 4.78 is 0. The number of anilines is 2. The second-order valence-electron chi connectivity index (χ2n) is 6.42. The molecular formula is C20H24Cl2N3O2+. The molecule has 0 spiro atoms. The fourth-order valence-corrected chi connectivity index (χ4v) is 2.95. The highest BCUT2D eigenvalue weighted by molar-refractivity contribution is 6.35. The molecule has 0 aliphatic rings. The average molecular weight is 409 g/mol. The van der Waals surface area contributed by atoms with Gasteiger partial charge in [-0.05, 0) is 43.2 Å². The summed E-state index contributed by atoms with van der Waals surface area (Å²) in [5.74, 6) is -0.382. The SMILES string of the molecule is CCc1ccccc1NC(=O)C[NH+](C)[C@H](C)C(=O)Nc1cc(Cl)ccc1Cl. The maximum atomic E-state index is 12.5. The quantitative estimate of drug-likeness (QED) is 0.659. The van der Waals surface area contributed by atoms with E-state index in [2.05, 4.69) is 10.6 Å². The smallest absolute Gasteiger partial charge is 0.282 e. The monoisotopic (exact) mass is 408 g/mol. The van der Waals surface area contributed by atoms with Gasteiger partial charge in [-0.25, -0.2) is 0 Å². The summed E-state index contributed by atoms with van der Waals surface area (Å²) in [4.78, 5) is 25.6. The van der Waals surface area contributed by atoms with Crippen molar-refractivity contribution in [1.29, 1.82) is 0 Å². The molecule has 0 saturated heterocycles. The molecule has 2 atom stereocenters. The van der Waals surface area contributed by atoms with Crippen molar-refractivity contribution in [1.82, 2.24) is 0 Å². The molecule has 7 heteroatoms. The van der Waals surface area contributed by atoms with Gasteiger partial charge in [0.25, 0.3) is 11.8 Å². The number of likely N-dealkylation sites (N-methyl/N-ethyl adjacent to an activating group) is 1. The lowest BCUT2D eigenvalue weighted by Gasteiger charge is -2.21. The van der Waals surface area contributed by atoms with Gasteiger partial charge in [0.05, 0.1) is 17.8 Å². The first-order valence-corrected chi connectivity index (χ1v) is 9.53. The minimum Gasteiger partial charge on any atom is -0.321 e. The number of benzene rings is 2. The van der Waals surface area contributed by atoms with Crippen LogP contribution in [0.4, 0.5) is 11.4 Å². The number of hydrogen-bond donors (Lipinski definition) is 3. The van der Waals surface area contributed by atoms with Crippen molar-refractivity contribution in [3.05, 3.63) is 58.1 Å². The molecule has 144 valence electrons. The van der Waals surface area contributed by atoms with E-state index in [1.54, 1.807) is 32.2 Å². The van der Waals surface area contributed by atoms with Crippen LogP contribution in [0.15, 0.2) is 42.5 Å². The standard InChI is InChI=1S/C20H23Cl2N3O2/c1-4-14-7-5-6-8-17(14)23-19(26)12-25(3)13(2)20(27)24-18-11-15(21)9-10-16(18)22/h5-11,13H,4,12H2,1-3H3,(H,23,26)(H,24,27)/p+1/t13-/m1/s1. The number of para-hydroxylation sites is 1. The fourth-order valence-electron chi connectivity index (χ4n) is 2.61. The number of aryl methyl sites for hydroxylation is 1. The van der Waals surface area contributed by atoms with E-state index in [1.165, 1.54) is 0 Å². The van der Waals surface area contributed by atoms with Crippen molar-refractivity contribution in [3.8, 4) is 0 Å². The minimum absolute atomic E-state index is 0.145. The lowest BCUT2D eigenvalue weighted by molar-refractivity contribution is -0.885. The van der Waals surface area contributed by atoms with E-state index >= 15 is 0 Å². The highest BCUT2D eigenvalue weighted by Crippen LogP contribution is 2.25. The van der Waals surface area contributed by atoms with Gasteiger partial charge < -0.3 is 15.5 Å². The van der Waals surface area contributed by atoms with Crippen molar-refractivity contribution < 1.29 is 14.5 Å². The molecule has 27 heavy (non-hydrogen) atoms. The van der Waals surface area contributed by atoms with Crippen molar-refractivity contribution in [3.63, 3.8) is 0 Å². The average Bonchev–Trinajstić information content (AvgIpc) is 2.64. The van der Waals surface area contributed by atoms with E-state index in [0.29, 0.717) is 15.7 Å². The number of carbonyl (C=O) groups excluding carboxylic acids is 2. The second kappa shape index (κ2) is 9.74. The van der Waals surface area contributed by atoms with E-state index in [4.69, 9.17) is 23.2 Å². The molecule has 2 aromatic carbocycles. The van der Waals surface area contributed by atoms with Crippen molar-refractivity contribution >= 4 is 46.4 Å². The third kappa shape index (κ3) is 5.96. The number of halogens is 2. The van der Waals surface area contributed by atoms with Gasteiger partial charge in [0.15, 0.2) is 12.6 Å². The first-order chi connectivity index (χ1) is 12.8. The summed E-state index contributed by atoms with van der Waals surface area (Å²) in [5, 5.41) is 6.58. The van der Waals surface area contributed by atoms with Crippen LogP contribution in [-0.4, -0.2) is 31.4 Å². The van der Waals surface area contributed by atoms with Crippen molar-refractivity contribution in [2.45, 2.75) is 26.3 Å². The zero-order valence-electron chi connectivity index (χ0n) is 15.6. The Balaban J connectivity index is 1.95. The van der Waals surface area contributed by atoms with Crippen molar-refractivity contribution in [2.24, 2.45) is 0 Å². The van der Waals surface area contributed by atoms with Gasteiger partial charge in [0.2, 0.25) is 0 Å². The molecule has 0 heterocycles. The minimum atomic E-state index is -0.452. The maximum absolute atomic E-state index is 12.5. The third-order valence-electron chi connectivity index (χ3n) is 4.43. The Morgan fingerprint density at radius 2 is 1.78 bits per heavy atom. The molecule has 0 bridgehead atoms. The van der Waals surface area contributed by atoms with E-state index in [9.17, 15) is 9.59 Å². The Kier molecular flexibility index (Phi) is 7.66. The molecule has 2 aromatic rings. The van der Waals surface area contributed by atoms with Gasteiger partial charge in [-0.2, -0.15) is 0 Å². The molecule has 1 unspecified atom stereocenters. The molecule has 0 aliphatic heterocycles. The zero-order chi connectivity index (χ0) is 20.0. The van der Waals surface area contributed by atoms with Gasteiger partial charge >= 0.3 is 0 Å². The van der Waals surface area contributed by atoms with Crippen LogP contribution in [0.2, 0.25) is 10.0 Å². The largest absolute Gasteiger partial charge is 0.321 e. The van der Waals surface area contributed by atoms with E-state index in [-0.39, 0.29) is 18.4 Å². The lowest BCUT2D eigenvalue weighted by Crippen LogP contribution is -3.14. The number of carbonyl (C=O) groups is 2. The molecule has 2 rings (SSSR count). The predicted molar refractivity (Wildman–Crippen MR) is 111 cm³/mol. The summed E-state index contributed by atoms with van der Waals surface area (Å²) in [6, 6.07) is 12.1. The number of quaternary nitrogens is 1. The number of rotatable bonds is 7. The van der Waals surface area contributed by atoms with Crippen LogP contribution in [0, 0.1) is 0 Å². The molecular weight excluding hydrogens is 385 g/mol. The summed E-state index contributed by atoms with van der Waals surface area (Å²) in [7, 11) is 1.80. The summed E-state index contributed by atoms with van der Waals surface area (Å²) in [6.45, 7) is 3.96. The summed E-state index contributed by atoms with van der Waals surface area (Å²) in [5.41, 5.74) is 2.33. The van der Waals surface area contributed by atoms with E-state index < -0.39 is 6.04 Å². The Morgan fingerprint density at radius 1 is 1.07 bits per heavy atom. The Bertz CT molecular complexity index is 827. The van der Waals surface area contributed by atoms with Crippen LogP contribution in [0.5, 0.6) is 0 Å². The van der Waals surface area contributed by atoms with Gasteiger partial charge in [-0.1, -0.05) is 48.3 Å². The Hall–Kier alpha value is -2.08. The molecule has 0 radical (unpaired) electrons. The highest BCUT2D eigenvalue weighted by atomic mass is 35.5. The van der Waals surface area contributed by atoms with Crippen LogP contribution in [0.25, 0.3) is 0 Å².